The van der Waals surface area contributed by atoms with E-state index >= 15 is 0 Å². The molecule has 0 fully saturated rings. The lowest BCUT2D eigenvalue weighted by Crippen LogP contribution is -2.26. The van der Waals surface area contributed by atoms with Crippen molar-refractivity contribution in [3.05, 3.63) is 29.3 Å². The number of anilines is 1. The summed E-state index contributed by atoms with van der Waals surface area (Å²) in [5.41, 5.74) is 11.3. The molecule has 1 aromatic rings. The molecular weight excluding hydrogens is 260 g/mol. The molecule has 1 rings (SSSR count). The third-order valence-corrected chi connectivity index (χ3v) is 2.74. The van der Waals surface area contributed by atoms with Crippen molar-refractivity contribution in [2.75, 3.05) is 5.32 Å². The number of nitrogens with one attached hydrogen (secondary N) is 2. The maximum Gasteiger partial charge on any atom is 0.230 e. The Morgan fingerprint density at radius 1 is 1.42 bits per heavy atom. The van der Waals surface area contributed by atoms with E-state index in [1.807, 2.05) is 32.0 Å². The van der Waals surface area contributed by atoms with Crippen LogP contribution in [0.1, 0.15) is 24.5 Å². The molecule has 0 aliphatic heterocycles. The van der Waals surface area contributed by atoms with Crippen molar-refractivity contribution >= 4 is 34.6 Å². The van der Waals surface area contributed by atoms with Crippen LogP contribution in [0.4, 0.5) is 5.69 Å². The van der Waals surface area contributed by atoms with E-state index in [0.717, 1.165) is 16.8 Å². The number of carbonyl (C=O) groups excluding carboxylic acids is 1. The fourth-order valence-corrected chi connectivity index (χ4v) is 1.55. The Hall–Kier alpha value is -1.95. The molecule has 4 N–H and O–H groups in total. The molecular formula is C13H18N4OS. The third kappa shape index (κ3) is 5.05. The van der Waals surface area contributed by atoms with E-state index in [1.165, 1.54) is 0 Å². The van der Waals surface area contributed by atoms with Crippen LogP contribution in [-0.2, 0) is 4.79 Å². The van der Waals surface area contributed by atoms with Crippen LogP contribution in [0.5, 0.6) is 0 Å². The minimum atomic E-state index is -0.125. The molecule has 0 atom stereocenters. The predicted molar refractivity (Wildman–Crippen MR) is 82.2 cm³/mol. The van der Waals surface area contributed by atoms with Crippen LogP contribution < -0.4 is 16.5 Å². The highest BCUT2D eigenvalue weighted by Crippen LogP contribution is 2.17. The quantitative estimate of drug-likeness (QED) is 0.446. The van der Waals surface area contributed by atoms with Gasteiger partial charge in [-0.3, -0.25) is 10.2 Å². The van der Waals surface area contributed by atoms with Crippen molar-refractivity contribution in [3.8, 4) is 0 Å². The standard InChI is InChI=1S/C13H18N4OS/c1-8-5-4-6-11(10(8)3)15-12(18)7-9(2)16-17-13(14)19/h4-6H,7H2,1-3H3,(H,15,18)(H3,14,17,19)/b16-9+. The molecule has 0 radical (unpaired) electrons. The van der Waals surface area contributed by atoms with E-state index in [2.05, 4.69) is 28.1 Å². The maximum absolute atomic E-state index is 11.8. The van der Waals surface area contributed by atoms with Gasteiger partial charge < -0.3 is 11.1 Å². The van der Waals surface area contributed by atoms with Gasteiger partial charge in [0.2, 0.25) is 5.91 Å². The Morgan fingerprint density at radius 2 is 2.11 bits per heavy atom. The van der Waals surface area contributed by atoms with Gasteiger partial charge in [0.05, 0.1) is 6.42 Å². The molecule has 0 heterocycles. The van der Waals surface area contributed by atoms with Gasteiger partial charge in [0.25, 0.3) is 0 Å². The minimum absolute atomic E-state index is 0.0780. The summed E-state index contributed by atoms with van der Waals surface area (Å²) in [6, 6.07) is 5.79. The average molecular weight is 278 g/mol. The first-order valence-electron chi connectivity index (χ1n) is 5.85. The lowest BCUT2D eigenvalue weighted by atomic mass is 10.1. The highest BCUT2D eigenvalue weighted by molar-refractivity contribution is 7.80. The number of nitrogens with two attached hydrogens (primary N) is 1. The highest BCUT2D eigenvalue weighted by Gasteiger charge is 2.07. The predicted octanol–water partition coefficient (Wildman–Crippen LogP) is 1.84. The van der Waals surface area contributed by atoms with E-state index in [4.69, 9.17) is 5.73 Å². The van der Waals surface area contributed by atoms with Gasteiger partial charge in [-0.25, -0.2) is 0 Å². The van der Waals surface area contributed by atoms with Gasteiger partial charge in [-0.15, -0.1) is 0 Å². The van der Waals surface area contributed by atoms with Crippen molar-refractivity contribution in [1.82, 2.24) is 5.43 Å². The Bertz CT molecular complexity index is 525. The van der Waals surface area contributed by atoms with Gasteiger partial charge >= 0.3 is 0 Å². The van der Waals surface area contributed by atoms with E-state index in [0.29, 0.717) is 5.71 Å². The minimum Gasteiger partial charge on any atom is -0.375 e. The second-order valence-corrected chi connectivity index (χ2v) is 4.74. The molecule has 0 saturated heterocycles. The van der Waals surface area contributed by atoms with Crippen LogP contribution in [-0.4, -0.2) is 16.7 Å². The van der Waals surface area contributed by atoms with E-state index in [-0.39, 0.29) is 17.4 Å². The first kappa shape index (κ1) is 15.1. The molecule has 1 aromatic carbocycles. The Labute approximate surface area is 118 Å². The monoisotopic (exact) mass is 278 g/mol. The summed E-state index contributed by atoms with van der Waals surface area (Å²) in [5.74, 6) is -0.125. The SMILES string of the molecule is C/C(CC(=O)Nc1cccc(C)c1C)=N\NC(N)=S. The fourth-order valence-electron chi connectivity index (χ4n) is 1.50. The van der Waals surface area contributed by atoms with E-state index < -0.39 is 0 Å². The zero-order valence-corrected chi connectivity index (χ0v) is 12.1. The number of benzene rings is 1. The number of hydrogen-bond donors (Lipinski definition) is 3. The molecule has 102 valence electrons. The van der Waals surface area contributed by atoms with E-state index in [9.17, 15) is 4.79 Å². The van der Waals surface area contributed by atoms with Crippen molar-refractivity contribution in [2.45, 2.75) is 27.2 Å². The zero-order valence-electron chi connectivity index (χ0n) is 11.3. The summed E-state index contributed by atoms with van der Waals surface area (Å²) in [5, 5.41) is 6.82. The molecule has 0 aliphatic carbocycles. The summed E-state index contributed by atoms with van der Waals surface area (Å²) in [4.78, 5) is 11.8. The number of hydrogen-bond acceptors (Lipinski definition) is 3. The molecule has 0 aromatic heterocycles. The van der Waals surface area contributed by atoms with Crippen LogP contribution in [0.2, 0.25) is 0 Å². The number of rotatable bonds is 4. The first-order valence-corrected chi connectivity index (χ1v) is 6.25. The molecule has 6 heteroatoms. The Balaban J connectivity index is 2.63. The van der Waals surface area contributed by atoms with Crippen molar-refractivity contribution in [3.63, 3.8) is 0 Å². The molecule has 0 unspecified atom stereocenters. The van der Waals surface area contributed by atoms with Crippen LogP contribution >= 0.6 is 12.2 Å². The second kappa shape index (κ2) is 6.84. The zero-order chi connectivity index (χ0) is 14.4. The van der Waals surface area contributed by atoms with E-state index in [1.54, 1.807) is 6.92 Å². The molecule has 0 saturated carbocycles. The summed E-state index contributed by atoms with van der Waals surface area (Å²) >= 11 is 4.62. The summed E-state index contributed by atoms with van der Waals surface area (Å²) in [6.45, 7) is 5.71. The summed E-state index contributed by atoms with van der Waals surface area (Å²) in [6.07, 6.45) is 0.184. The van der Waals surface area contributed by atoms with Gasteiger partial charge in [0, 0.05) is 11.4 Å². The van der Waals surface area contributed by atoms with Gasteiger partial charge in [-0.1, -0.05) is 12.1 Å². The topological polar surface area (TPSA) is 79.5 Å². The Morgan fingerprint density at radius 3 is 2.74 bits per heavy atom. The maximum atomic E-state index is 11.8. The molecule has 0 spiro atoms. The second-order valence-electron chi connectivity index (χ2n) is 4.30. The lowest BCUT2D eigenvalue weighted by Gasteiger charge is -2.10. The molecule has 5 nitrogen and oxygen atoms in total. The molecule has 0 bridgehead atoms. The smallest absolute Gasteiger partial charge is 0.230 e. The fraction of sp³-hybridized carbons (Fsp3) is 0.308. The van der Waals surface area contributed by atoms with Crippen LogP contribution in [0.15, 0.2) is 23.3 Å². The number of nitrogens with zero attached hydrogens (tertiary/aromatic N) is 1. The highest BCUT2D eigenvalue weighted by atomic mass is 32.1. The van der Waals surface area contributed by atoms with Crippen molar-refractivity contribution < 1.29 is 4.79 Å². The third-order valence-electron chi connectivity index (χ3n) is 2.65. The number of thiocarbonyl (C=S) groups is 1. The normalized spacial score (nSPS) is 11.0. The Kier molecular flexibility index (Phi) is 5.44. The van der Waals surface area contributed by atoms with Crippen LogP contribution in [0.3, 0.4) is 0 Å². The molecule has 1 amide bonds. The summed E-state index contributed by atoms with van der Waals surface area (Å²) < 4.78 is 0. The van der Waals surface area contributed by atoms with Crippen LogP contribution in [0.25, 0.3) is 0 Å². The van der Waals surface area contributed by atoms with Gasteiger partial charge in [-0.2, -0.15) is 5.10 Å². The number of hydrazone groups is 1. The van der Waals surface area contributed by atoms with Crippen molar-refractivity contribution in [2.24, 2.45) is 10.8 Å². The van der Waals surface area contributed by atoms with Crippen LogP contribution in [0, 0.1) is 13.8 Å². The lowest BCUT2D eigenvalue weighted by molar-refractivity contribution is -0.115. The largest absolute Gasteiger partial charge is 0.375 e. The van der Waals surface area contributed by atoms with Gasteiger partial charge in [0.15, 0.2) is 5.11 Å². The first-order chi connectivity index (χ1) is 8.90. The molecule has 19 heavy (non-hydrogen) atoms. The van der Waals surface area contributed by atoms with Gasteiger partial charge in [-0.05, 0) is 50.2 Å². The number of aryl methyl sites for hydroxylation is 1. The molecule has 0 aliphatic rings. The van der Waals surface area contributed by atoms with Gasteiger partial charge in [0.1, 0.15) is 0 Å². The number of carbonyl (C=O) groups is 1. The summed E-state index contributed by atoms with van der Waals surface area (Å²) in [7, 11) is 0. The van der Waals surface area contributed by atoms with Crippen molar-refractivity contribution in [1.29, 1.82) is 0 Å². The average Bonchev–Trinajstić information content (AvgIpc) is 2.32. The number of amides is 1.